The molecule has 1 aromatic carbocycles. The smallest absolute Gasteiger partial charge is 0.257 e. The standard InChI is InChI=1S/C21H25N3O3/c1-15-12-18(19(27-3)13-16(15)2)21(26)24-9-5-8-23(10-11-24)20(25)17-6-4-7-22-14-17/h4,6-7,12-14H,5,8-11H2,1-3H3. The molecule has 0 spiro atoms. The molecule has 1 saturated heterocycles. The van der Waals surface area contributed by atoms with E-state index >= 15 is 0 Å². The molecule has 0 aliphatic carbocycles. The summed E-state index contributed by atoms with van der Waals surface area (Å²) in [5.74, 6) is 0.502. The molecule has 2 aromatic rings. The van der Waals surface area contributed by atoms with Gasteiger partial charge in [-0.1, -0.05) is 0 Å². The van der Waals surface area contributed by atoms with Gasteiger partial charge in [0.2, 0.25) is 0 Å². The summed E-state index contributed by atoms with van der Waals surface area (Å²) in [6.45, 7) is 6.24. The number of carbonyl (C=O) groups is 2. The normalized spacial score (nSPS) is 14.6. The first-order chi connectivity index (χ1) is 13.0. The number of methoxy groups -OCH3 is 1. The van der Waals surface area contributed by atoms with E-state index in [-0.39, 0.29) is 11.8 Å². The van der Waals surface area contributed by atoms with Crippen molar-refractivity contribution in [2.24, 2.45) is 0 Å². The van der Waals surface area contributed by atoms with E-state index in [9.17, 15) is 9.59 Å². The highest BCUT2D eigenvalue weighted by Crippen LogP contribution is 2.25. The Morgan fingerprint density at radius 1 is 1.00 bits per heavy atom. The molecule has 0 saturated carbocycles. The number of nitrogens with zero attached hydrogens (tertiary/aromatic N) is 3. The molecule has 0 atom stereocenters. The summed E-state index contributed by atoms with van der Waals surface area (Å²) in [6.07, 6.45) is 3.97. The molecule has 6 nitrogen and oxygen atoms in total. The largest absolute Gasteiger partial charge is 0.496 e. The molecular formula is C21H25N3O3. The maximum absolute atomic E-state index is 13.1. The van der Waals surface area contributed by atoms with Crippen LogP contribution in [-0.4, -0.2) is 59.9 Å². The highest BCUT2D eigenvalue weighted by atomic mass is 16.5. The van der Waals surface area contributed by atoms with Crippen LogP contribution in [0.1, 0.15) is 38.3 Å². The summed E-state index contributed by atoms with van der Waals surface area (Å²) in [4.78, 5) is 33.3. The van der Waals surface area contributed by atoms with E-state index in [0.29, 0.717) is 43.1 Å². The van der Waals surface area contributed by atoms with Crippen molar-refractivity contribution in [1.82, 2.24) is 14.8 Å². The van der Waals surface area contributed by atoms with E-state index in [2.05, 4.69) is 4.98 Å². The Morgan fingerprint density at radius 2 is 1.67 bits per heavy atom. The lowest BCUT2D eigenvalue weighted by molar-refractivity contribution is 0.0716. The summed E-state index contributed by atoms with van der Waals surface area (Å²) in [6, 6.07) is 7.31. The van der Waals surface area contributed by atoms with E-state index in [4.69, 9.17) is 4.74 Å². The lowest BCUT2D eigenvalue weighted by atomic mass is 10.0. The lowest BCUT2D eigenvalue weighted by Gasteiger charge is -2.23. The van der Waals surface area contributed by atoms with Crippen molar-refractivity contribution in [3.05, 3.63) is 58.9 Å². The van der Waals surface area contributed by atoms with Crippen molar-refractivity contribution in [1.29, 1.82) is 0 Å². The van der Waals surface area contributed by atoms with Gasteiger partial charge in [0.05, 0.1) is 18.2 Å². The Hall–Kier alpha value is -2.89. The van der Waals surface area contributed by atoms with Crippen LogP contribution in [0.3, 0.4) is 0 Å². The van der Waals surface area contributed by atoms with Crippen LogP contribution in [0, 0.1) is 13.8 Å². The van der Waals surface area contributed by atoms with Crippen LogP contribution in [0.15, 0.2) is 36.7 Å². The predicted octanol–water partition coefficient (Wildman–Crippen LogP) is 2.70. The van der Waals surface area contributed by atoms with Gasteiger partial charge >= 0.3 is 0 Å². The van der Waals surface area contributed by atoms with Gasteiger partial charge in [0.1, 0.15) is 5.75 Å². The second-order valence-electron chi connectivity index (χ2n) is 6.82. The van der Waals surface area contributed by atoms with Crippen LogP contribution in [0.4, 0.5) is 0 Å². The number of aromatic nitrogens is 1. The van der Waals surface area contributed by atoms with E-state index < -0.39 is 0 Å². The van der Waals surface area contributed by atoms with E-state index in [1.807, 2.05) is 30.9 Å². The molecule has 0 bridgehead atoms. The average molecular weight is 367 g/mol. The van der Waals surface area contributed by atoms with E-state index in [1.54, 1.807) is 36.5 Å². The van der Waals surface area contributed by atoms with Crippen molar-refractivity contribution < 1.29 is 14.3 Å². The number of benzene rings is 1. The molecular weight excluding hydrogens is 342 g/mol. The van der Waals surface area contributed by atoms with Crippen molar-refractivity contribution in [3.8, 4) is 5.75 Å². The van der Waals surface area contributed by atoms with Gasteiger partial charge in [-0.05, 0) is 55.7 Å². The number of amides is 2. The molecule has 6 heteroatoms. The summed E-state index contributed by atoms with van der Waals surface area (Å²) >= 11 is 0. The minimum absolute atomic E-state index is 0.0406. The molecule has 0 radical (unpaired) electrons. The van der Waals surface area contributed by atoms with Crippen molar-refractivity contribution in [2.75, 3.05) is 33.3 Å². The third-order valence-corrected chi connectivity index (χ3v) is 5.03. The topological polar surface area (TPSA) is 62.7 Å². The van der Waals surface area contributed by atoms with Crippen LogP contribution in [0.5, 0.6) is 5.75 Å². The highest BCUT2D eigenvalue weighted by Gasteiger charge is 2.25. The van der Waals surface area contributed by atoms with Gasteiger partial charge in [-0.15, -0.1) is 0 Å². The zero-order chi connectivity index (χ0) is 19.4. The molecule has 0 N–H and O–H groups in total. The Labute approximate surface area is 159 Å². The Morgan fingerprint density at radius 3 is 2.30 bits per heavy atom. The first-order valence-corrected chi connectivity index (χ1v) is 9.15. The van der Waals surface area contributed by atoms with Crippen molar-refractivity contribution >= 4 is 11.8 Å². The Balaban J connectivity index is 1.74. The SMILES string of the molecule is COc1cc(C)c(C)cc1C(=O)N1CCCN(C(=O)c2cccnc2)CC1. The zero-order valence-electron chi connectivity index (χ0n) is 16.1. The second kappa shape index (κ2) is 8.20. The molecule has 1 fully saturated rings. The number of aryl methyl sites for hydroxylation is 2. The Bertz CT molecular complexity index is 836. The fourth-order valence-electron chi connectivity index (χ4n) is 3.29. The third-order valence-electron chi connectivity index (χ3n) is 5.03. The van der Waals surface area contributed by atoms with Gasteiger partial charge in [0, 0.05) is 38.6 Å². The van der Waals surface area contributed by atoms with Crippen LogP contribution in [0.25, 0.3) is 0 Å². The van der Waals surface area contributed by atoms with Gasteiger partial charge in [-0.2, -0.15) is 0 Å². The number of hydrogen-bond acceptors (Lipinski definition) is 4. The van der Waals surface area contributed by atoms with E-state index in [0.717, 1.165) is 17.5 Å². The number of ether oxygens (including phenoxy) is 1. The van der Waals surface area contributed by atoms with Crippen LogP contribution >= 0.6 is 0 Å². The van der Waals surface area contributed by atoms with Crippen LogP contribution in [0.2, 0.25) is 0 Å². The quantitative estimate of drug-likeness (QED) is 0.837. The average Bonchev–Trinajstić information content (AvgIpc) is 2.95. The van der Waals surface area contributed by atoms with E-state index in [1.165, 1.54) is 0 Å². The molecule has 1 aromatic heterocycles. The van der Waals surface area contributed by atoms with Crippen molar-refractivity contribution in [2.45, 2.75) is 20.3 Å². The van der Waals surface area contributed by atoms with Crippen LogP contribution < -0.4 is 4.74 Å². The molecule has 1 aliphatic heterocycles. The maximum Gasteiger partial charge on any atom is 0.257 e. The maximum atomic E-state index is 13.1. The summed E-state index contributed by atoms with van der Waals surface area (Å²) in [5.41, 5.74) is 3.30. The number of rotatable bonds is 3. The molecule has 2 heterocycles. The monoisotopic (exact) mass is 367 g/mol. The van der Waals surface area contributed by atoms with Crippen LogP contribution in [-0.2, 0) is 0 Å². The minimum Gasteiger partial charge on any atom is -0.496 e. The molecule has 142 valence electrons. The molecule has 3 rings (SSSR count). The minimum atomic E-state index is -0.0503. The first-order valence-electron chi connectivity index (χ1n) is 9.15. The first kappa shape index (κ1) is 18.9. The molecule has 2 amide bonds. The Kier molecular flexibility index (Phi) is 5.74. The lowest BCUT2D eigenvalue weighted by Crippen LogP contribution is -2.37. The zero-order valence-corrected chi connectivity index (χ0v) is 16.1. The third kappa shape index (κ3) is 4.10. The fourth-order valence-corrected chi connectivity index (χ4v) is 3.29. The summed E-state index contributed by atoms with van der Waals surface area (Å²) in [5, 5.41) is 0. The summed E-state index contributed by atoms with van der Waals surface area (Å²) in [7, 11) is 1.58. The number of hydrogen-bond donors (Lipinski definition) is 0. The predicted molar refractivity (Wildman–Crippen MR) is 103 cm³/mol. The van der Waals surface area contributed by atoms with Gasteiger partial charge in [0.25, 0.3) is 11.8 Å². The molecule has 0 unspecified atom stereocenters. The van der Waals surface area contributed by atoms with Gasteiger partial charge in [0.15, 0.2) is 0 Å². The van der Waals surface area contributed by atoms with Gasteiger partial charge < -0.3 is 14.5 Å². The molecule has 27 heavy (non-hydrogen) atoms. The highest BCUT2D eigenvalue weighted by molar-refractivity contribution is 5.97. The molecule has 1 aliphatic rings. The van der Waals surface area contributed by atoms with Gasteiger partial charge in [-0.3, -0.25) is 14.6 Å². The number of pyridine rings is 1. The summed E-state index contributed by atoms with van der Waals surface area (Å²) < 4.78 is 5.42. The number of carbonyl (C=O) groups excluding carboxylic acids is 2. The van der Waals surface area contributed by atoms with Gasteiger partial charge in [-0.25, -0.2) is 0 Å². The second-order valence-corrected chi connectivity index (χ2v) is 6.82. The van der Waals surface area contributed by atoms with Crippen molar-refractivity contribution in [3.63, 3.8) is 0 Å². The fraction of sp³-hybridized carbons (Fsp3) is 0.381.